The Bertz CT molecular complexity index is 927. The summed E-state index contributed by atoms with van der Waals surface area (Å²) in [5.41, 5.74) is 1.91. The van der Waals surface area contributed by atoms with E-state index in [9.17, 15) is 9.59 Å². The normalized spacial score (nSPS) is 10.1. The van der Waals surface area contributed by atoms with Crippen LogP contribution in [0.15, 0.2) is 60.0 Å². The van der Waals surface area contributed by atoms with Crippen LogP contribution in [0.3, 0.4) is 0 Å². The van der Waals surface area contributed by atoms with E-state index in [4.69, 9.17) is 4.74 Å². The maximum Gasteiger partial charge on any atom is 0.325 e. The lowest BCUT2D eigenvalue weighted by atomic mass is 10.2. The number of hydrogen-bond donors (Lipinski definition) is 3. The predicted octanol–water partition coefficient (Wildman–Crippen LogP) is 3.98. The molecule has 1 aromatic heterocycles. The molecule has 138 valence electrons. The van der Waals surface area contributed by atoms with Crippen LogP contribution in [0.5, 0.6) is 5.75 Å². The molecule has 27 heavy (non-hydrogen) atoms. The summed E-state index contributed by atoms with van der Waals surface area (Å²) < 4.78 is 5.13. The van der Waals surface area contributed by atoms with Gasteiger partial charge >= 0.3 is 6.03 Å². The Morgan fingerprint density at radius 2 is 1.78 bits per heavy atom. The zero-order valence-electron chi connectivity index (χ0n) is 14.6. The van der Waals surface area contributed by atoms with Crippen LogP contribution >= 0.6 is 11.3 Å². The number of urea groups is 1. The van der Waals surface area contributed by atoms with Crippen molar-refractivity contribution >= 4 is 39.8 Å². The Morgan fingerprint density at radius 3 is 2.56 bits per heavy atom. The van der Waals surface area contributed by atoms with Gasteiger partial charge < -0.3 is 15.4 Å². The standard InChI is InChI=1S/C19H18N4O3S/c1-26-16-9-5-8-14(10-16)20-17(24)11-15-12-27-19(22-15)23-18(25)21-13-6-3-2-4-7-13/h2-10,12H,11H2,1H3,(H,20,24)(H2,21,22,23,25). The number of amides is 3. The first-order valence-corrected chi connectivity index (χ1v) is 9.02. The van der Waals surface area contributed by atoms with E-state index in [1.54, 1.807) is 48.9 Å². The lowest BCUT2D eigenvalue weighted by Gasteiger charge is -2.06. The first kappa shape index (κ1) is 18.4. The molecule has 3 aromatic rings. The fourth-order valence-electron chi connectivity index (χ4n) is 2.30. The van der Waals surface area contributed by atoms with E-state index in [0.29, 0.717) is 27.9 Å². The van der Waals surface area contributed by atoms with Crippen LogP contribution in [0.25, 0.3) is 0 Å². The molecule has 3 N–H and O–H groups in total. The van der Waals surface area contributed by atoms with Crippen molar-refractivity contribution < 1.29 is 14.3 Å². The average Bonchev–Trinajstić information content (AvgIpc) is 3.09. The van der Waals surface area contributed by atoms with Gasteiger partial charge in [0.1, 0.15) is 5.75 Å². The first-order valence-electron chi connectivity index (χ1n) is 8.14. The minimum Gasteiger partial charge on any atom is -0.497 e. The Hall–Kier alpha value is -3.39. The monoisotopic (exact) mass is 382 g/mol. The number of carbonyl (C=O) groups excluding carboxylic acids is 2. The smallest absolute Gasteiger partial charge is 0.325 e. The van der Waals surface area contributed by atoms with Crippen LogP contribution in [0.4, 0.5) is 21.3 Å². The number of methoxy groups -OCH3 is 1. The fourth-order valence-corrected chi connectivity index (χ4v) is 3.00. The van der Waals surface area contributed by atoms with E-state index >= 15 is 0 Å². The van der Waals surface area contributed by atoms with Crippen molar-refractivity contribution in [3.8, 4) is 5.75 Å². The van der Waals surface area contributed by atoms with Crippen LogP contribution in [0, 0.1) is 0 Å². The van der Waals surface area contributed by atoms with Gasteiger partial charge in [-0.3, -0.25) is 10.1 Å². The van der Waals surface area contributed by atoms with Gasteiger partial charge in [0.15, 0.2) is 5.13 Å². The highest BCUT2D eigenvalue weighted by Gasteiger charge is 2.10. The lowest BCUT2D eigenvalue weighted by Crippen LogP contribution is -2.19. The van der Waals surface area contributed by atoms with E-state index in [-0.39, 0.29) is 18.4 Å². The number of anilines is 3. The summed E-state index contributed by atoms with van der Waals surface area (Å²) in [4.78, 5) is 28.4. The van der Waals surface area contributed by atoms with Gasteiger partial charge in [-0.15, -0.1) is 11.3 Å². The molecule has 1 heterocycles. The number of hydrogen-bond acceptors (Lipinski definition) is 5. The maximum atomic E-state index is 12.2. The molecule has 0 atom stereocenters. The molecular formula is C19H18N4O3S. The third-order valence-corrected chi connectivity index (χ3v) is 4.31. The first-order chi connectivity index (χ1) is 13.1. The van der Waals surface area contributed by atoms with Gasteiger partial charge in [0.2, 0.25) is 5.91 Å². The molecule has 0 bridgehead atoms. The van der Waals surface area contributed by atoms with Crippen molar-refractivity contribution in [2.45, 2.75) is 6.42 Å². The molecule has 0 aliphatic heterocycles. The number of ether oxygens (including phenoxy) is 1. The fraction of sp³-hybridized carbons (Fsp3) is 0.105. The number of nitrogens with one attached hydrogen (secondary N) is 3. The van der Waals surface area contributed by atoms with E-state index in [1.807, 2.05) is 18.2 Å². The number of para-hydroxylation sites is 1. The SMILES string of the molecule is COc1cccc(NC(=O)Cc2csc(NC(=O)Nc3ccccc3)n2)c1. The molecule has 7 nitrogen and oxygen atoms in total. The van der Waals surface area contributed by atoms with Crippen molar-refractivity contribution in [3.63, 3.8) is 0 Å². The summed E-state index contributed by atoms with van der Waals surface area (Å²) in [5, 5.41) is 10.3. The van der Waals surface area contributed by atoms with Gasteiger partial charge in [-0.1, -0.05) is 24.3 Å². The van der Waals surface area contributed by atoms with Gasteiger partial charge in [0.05, 0.1) is 19.2 Å². The molecule has 0 spiro atoms. The van der Waals surface area contributed by atoms with Crippen LogP contribution in [0.2, 0.25) is 0 Å². The largest absolute Gasteiger partial charge is 0.497 e. The maximum absolute atomic E-state index is 12.2. The zero-order valence-corrected chi connectivity index (χ0v) is 15.4. The van der Waals surface area contributed by atoms with Crippen molar-refractivity contribution in [1.29, 1.82) is 0 Å². The topological polar surface area (TPSA) is 92.4 Å². The second kappa shape index (κ2) is 8.81. The quantitative estimate of drug-likeness (QED) is 0.601. The summed E-state index contributed by atoms with van der Waals surface area (Å²) in [5.74, 6) is 0.464. The van der Waals surface area contributed by atoms with Crippen molar-refractivity contribution in [2.24, 2.45) is 0 Å². The molecule has 0 saturated heterocycles. The van der Waals surface area contributed by atoms with Gasteiger partial charge in [-0.2, -0.15) is 0 Å². The third kappa shape index (κ3) is 5.55. The van der Waals surface area contributed by atoms with Gasteiger partial charge in [0, 0.05) is 22.8 Å². The lowest BCUT2D eigenvalue weighted by molar-refractivity contribution is -0.115. The molecule has 8 heteroatoms. The molecule has 0 radical (unpaired) electrons. The number of rotatable bonds is 6. The Labute approximate surface area is 160 Å². The molecule has 0 fully saturated rings. The molecule has 0 unspecified atom stereocenters. The van der Waals surface area contributed by atoms with Gasteiger partial charge in [-0.05, 0) is 24.3 Å². The highest BCUT2D eigenvalue weighted by atomic mass is 32.1. The highest BCUT2D eigenvalue weighted by Crippen LogP contribution is 2.19. The van der Waals surface area contributed by atoms with Gasteiger partial charge in [-0.25, -0.2) is 9.78 Å². The number of carbonyl (C=O) groups is 2. The minimum absolute atomic E-state index is 0.107. The Balaban J connectivity index is 1.52. The molecule has 0 saturated carbocycles. The van der Waals surface area contributed by atoms with Crippen LogP contribution < -0.4 is 20.7 Å². The minimum atomic E-state index is -0.386. The van der Waals surface area contributed by atoms with E-state index in [1.165, 1.54) is 11.3 Å². The molecule has 0 aliphatic carbocycles. The van der Waals surface area contributed by atoms with E-state index < -0.39 is 0 Å². The number of benzene rings is 2. The molecular weight excluding hydrogens is 364 g/mol. The predicted molar refractivity (Wildman–Crippen MR) is 107 cm³/mol. The number of thiazole rings is 1. The van der Waals surface area contributed by atoms with Crippen LogP contribution in [-0.2, 0) is 11.2 Å². The zero-order chi connectivity index (χ0) is 19.1. The van der Waals surface area contributed by atoms with Crippen LogP contribution in [-0.4, -0.2) is 24.0 Å². The van der Waals surface area contributed by atoms with Gasteiger partial charge in [0.25, 0.3) is 0 Å². The highest BCUT2D eigenvalue weighted by molar-refractivity contribution is 7.14. The Morgan fingerprint density at radius 1 is 1.00 bits per heavy atom. The average molecular weight is 382 g/mol. The summed E-state index contributed by atoms with van der Waals surface area (Å²) >= 11 is 1.26. The Kier molecular flexibility index (Phi) is 6.01. The molecule has 3 rings (SSSR count). The summed E-state index contributed by atoms with van der Waals surface area (Å²) in [6.07, 6.45) is 0.107. The third-order valence-electron chi connectivity index (χ3n) is 3.50. The van der Waals surface area contributed by atoms with E-state index in [0.717, 1.165) is 0 Å². The van der Waals surface area contributed by atoms with Crippen molar-refractivity contribution in [3.05, 3.63) is 65.7 Å². The molecule has 2 aromatic carbocycles. The summed E-state index contributed by atoms with van der Waals surface area (Å²) in [7, 11) is 1.57. The molecule has 3 amide bonds. The summed E-state index contributed by atoms with van der Waals surface area (Å²) in [6.45, 7) is 0. The van der Waals surface area contributed by atoms with Crippen molar-refractivity contribution in [1.82, 2.24) is 4.98 Å². The molecule has 0 aliphatic rings. The second-order valence-electron chi connectivity index (χ2n) is 5.55. The van der Waals surface area contributed by atoms with Crippen LogP contribution in [0.1, 0.15) is 5.69 Å². The second-order valence-corrected chi connectivity index (χ2v) is 6.40. The number of nitrogens with zero attached hydrogens (tertiary/aromatic N) is 1. The number of aromatic nitrogens is 1. The van der Waals surface area contributed by atoms with Crippen molar-refractivity contribution in [2.75, 3.05) is 23.1 Å². The van der Waals surface area contributed by atoms with E-state index in [2.05, 4.69) is 20.9 Å². The summed E-state index contributed by atoms with van der Waals surface area (Å²) in [6, 6.07) is 15.8.